The van der Waals surface area contributed by atoms with Gasteiger partial charge in [0.05, 0.1) is 19.2 Å². The van der Waals surface area contributed by atoms with E-state index in [2.05, 4.69) is 20.4 Å². The molecule has 1 atom stereocenters. The number of ether oxygens (including phenoxy) is 1. The standard InChI is InChI=1S/C12H17N3O3S/c1-18-11(17)5-3-9-7-19-12(15-9)14-8-2-4-10(16)13-6-8/h7-8H,2-6H2,1H3,(H,13,16)(H,14,15). The van der Waals surface area contributed by atoms with Crippen LogP contribution in [-0.2, 0) is 20.7 Å². The molecule has 1 amide bonds. The van der Waals surface area contributed by atoms with Gasteiger partial charge >= 0.3 is 5.97 Å². The third-order valence-electron chi connectivity index (χ3n) is 2.96. The van der Waals surface area contributed by atoms with Crippen molar-refractivity contribution in [1.29, 1.82) is 0 Å². The second-order valence-electron chi connectivity index (χ2n) is 4.40. The average Bonchev–Trinajstić information content (AvgIpc) is 2.86. The minimum absolute atomic E-state index is 0.107. The number of nitrogens with zero attached hydrogens (tertiary/aromatic N) is 1. The predicted molar refractivity (Wildman–Crippen MR) is 72.1 cm³/mol. The molecule has 1 aliphatic rings. The highest BCUT2D eigenvalue weighted by Crippen LogP contribution is 2.19. The lowest BCUT2D eigenvalue weighted by Gasteiger charge is -2.22. The lowest BCUT2D eigenvalue weighted by Crippen LogP contribution is -2.41. The Kier molecular flexibility index (Phi) is 4.73. The Morgan fingerprint density at radius 2 is 2.53 bits per heavy atom. The highest BCUT2D eigenvalue weighted by Gasteiger charge is 2.18. The van der Waals surface area contributed by atoms with E-state index in [4.69, 9.17) is 0 Å². The lowest BCUT2D eigenvalue weighted by molar-refractivity contribution is -0.140. The van der Waals surface area contributed by atoms with Crippen LogP contribution in [0.2, 0.25) is 0 Å². The molecule has 1 aliphatic heterocycles. The molecule has 0 aromatic carbocycles. The largest absolute Gasteiger partial charge is 0.469 e. The van der Waals surface area contributed by atoms with Crippen molar-refractivity contribution < 1.29 is 14.3 Å². The Hall–Kier alpha value is -1.63. The first-order valence-corrected chi connectivity index (χ1v) is 7.10. The van der Waals surface area contributed by atoms with E-state index in [0.29, 0.717) is 25.8 Å². The zero-order chi connectivity index (χ0) is 13.7. The van der Waals surface area contributed by atoms with Crippen molar-refractivity contribution in [3.05, 3.63) is 11.1 Å². The van der Waals surface area contributed by atoms with E-state index in [-0.39, 0.29) is 17.9 Å². The Morgan fingerprint density at radius 3 is 3.21 bits per heavy atom. The van der Waals surface area contributed by atoms with E-state index in [1.807, 2.05) is 5.38 Å². The molecule has 1 fully saturated rings. The number of aryl methyl sites for hydroxylation is 1. The number of carbonyl (C=O) groups is 2. The summed E-state index contributed by atoms with van der Waals surface area (Å²) in [4.78, 5) is 26.5. The summed E-state index contributed by atoms with van der Waals surface area (Å²) in [5.74, 6) is -0.117. The molecule has 19 heavy (non-hydrogen) atoms. The van der Waals surface area contributed by atoms with Gasteiger partial charge in [-0.25, -0.2) is 4.98 Å². The van der Waals surface area contributed by atoms with Crippen LogP contribution in [0.1, 0.15) is 25.0 Å². The van der Waals surface area contributed by atoms with E-state index in [1.54, 1.807) is 0 Å². The number of hydrogen-bond acceptors (Lipinski definition) is 6. The van der Waals surface area contributed by atoms with Crippen LogP contribution in [0, 0.1) is 0 Å². The molecule has 0 saturated carbocycles. The average molecular weight is 283 g/mol. The van der Waals surface area contributed by atoms with Crippen LogP contribution >= 0.6 is 11.3 Å². The molecule has 2 rings (SSSR count). The fourth-order valence-electron chi connectivity index (χ4n) is 1.85. The minimum atomic E-state index is -0.225. The first kappa shape index (κ1) is 13.8. The smallest absolute Gasteiger partial charge is 0.305 e. The number of thiazole rings is 1. The number of esters is 1. The van der Waals surface area contributed by atoms with Crippen LogP contribution in [0.15, 0.2) is 5.38 Å². The number of aromatic nitrogens is 1. The second kappa shape index (κ2) is 6.51. The van der Waals surface area contributed by atoms with Gasteiger partial charge in [0.25, 0.3) is 0 Å². The molecular weight excluding hydrogens is 266 g/mol. The molecule has 0 radical (unpaired) electrons. The van der Waals surface area contributed by atoms with Crippen LogP contribution < -0.4 is 10.6 Å². The fraction of sp³-hybridized carbons (Fsp3) is 0.583. The molecule has 1 unspecified atom stereocenters. The summed E-state index contributed by atoms with van der Waals surface area (Å²) in [6.45, 7) is 0.635. The summed E-state index contributed by atoms with van der Waals surface area (Å²) in [6.07, 6.45) is 2.31. The Labute approximate surface area is 115 Å². The van der Waals surface area contributed by atoms with Crippen LogP contribution in [0.3, 0.4) is 0 Å². The number of hydrogen-bond donors (Lipinski definition) is 2. The summed E-state index contributed by atoms with van der Waals surface area (Å²) in [6, 6.07) is 0.234. The first-order chi connectivity index (χ1) is 9.17. The van der Waals surface area contributed by atoms with Gasteiger partial charge < -0.3 is 15.4 Å². The highest BCUT2D eigenvalue weighted by atomic mass is 32.1. The normalized spacial score (nSPS) is 18.8. The van der Waals surface area contributed by atoms with Gasteiger partial charge in [-0.15, -0.1) is 11.3 Å². The van der Waals surface area contributed by atoms with Gasteiger partial charge in [-0.2, -0.15) is 0 Å². The summed E-state index contributed by atoms with van der Waals surface area (Å²) < 4.78 is 4.59. The number of amides is 1. The van der Waals surface area contributed by atoms with E-state index >= 15 is 0 Å². The number of rotatable bonds is 5. The van der Waals surface area contributed by atoms with E-state index in [0.717, 1.165) is 17.2 Å². The highest BCUT2D eigenvalue weighted by molar-refractivity contribution is 7.13. The maximum atomic E-state index is 11.0. The summed E-state index contributed by atoms with van der Waals surface area (Å²) >= 11 is 1.52. The van der Waals surface area contributed by atoms with E-state index in [1.165, 1.54) is 18.4 Å². The molecule has 0 aliphatic carbocycles. The number of nitrogens with one attached hydrogen (secondary N) is 2. The maximum Gasteiger partial charge on any atom is 0.305 e. The molecule has 1 saturated heterocycles. The van der Waals surface area contributed by atoms with E-state index < -0.39 is 0 Å². The maximum absolute atomic E-state index is 11.0. The monoisotopic (exact) mass is 283 g/mol. The van der Waals surface area contributed by atoms with Gasteiger partial charge in [-0.3, -0.25) is 9.59 Å². The number of anilines is 1. The summed E-state index contributed by atoms with van der Waals surface area (Å²) in [5, 5.41) is 8.89. The number of piperidine rings is 1. The topological polar surface area (TPSA) is 80.3 Å². The van der Waals surface area contributed by atoms with Crippen LogP contribution in [-0.4, -0.2) is 36.6 Å². The van der Waals surface area contributed by atoms with Crippen molar-refractivity contribution in [3.63, 3.8) is 0 Å². The zero-order valence-corrected chi connectivity index (χ0v) is 11.6. The first-order valence-electron chi connectivity index (χ1n) is 6.22. The van der Waals surface area contributed by atoms with Crippen LogP contribution in [0.5, 0.6) is 0 Å². The van der Waals surface area contributed by atoms with Crippen molar-refractivity contribution >= 4 is 28.3 Å². The van der Waals surface area contributed by atoms with Gasteiger partial charge in [-0.05, 0) is 6.42 Å². The van der Waals surface area contributed by atoms with Crippen molar-refractivity contribution in [3.8, 4) is 0 Å². The minimum Gasteiger partial charge on any atom is -0.469 e. The van der Waals surface area contributed by atoms with Crippen molar-refractivity contribution in [1.82, 2.24) is 10.3 Å². The summed E-state index contributed by atoms with van der Waals surface area (Å²) in [5.41, 5.74) is 0.887. The summed E-state index contributed by atoms with van der Waals surface area (Å²) in [7, 11) is 1.38. The quantitative estimate of drug-likeness (QED) is 0.786. The third-order valence-corrected chi connectivity index (χ3v) is 3.78. The molecule has 104 valence electrons. The Bertz CT molecular complexity index is 451. The van der Waals surface area contributed by atoms with Gasteiger partial charge in [-0.1, -0.05) is 0 Å². The van der Waals surface area contributed by atoms with Gasteiger partial charge in [0.15, 0.2) is 5.13 Å². The zero-order valence-electron chi connectivity index (χ0n) is 10.8. The fourth-order valence-corrected chi connectivity index (χ4v) is 2.67. The molecule has 1 aromatic rings. The SMILES string of the molecule is COC(=O)CCc1csc(NC2CCC(=O)NC2)n1. The molecule has 6 nitrogen and oxygen atoms in total. The van der Waals surface area contributed by atoms with Crippen molar-refractivity contribution in [2.75, 3.05) is 19.0 Å². The molecule has 0 spiro atoms. The van der Waals surface area contributed by atoms with E-state index in [9.17, 15) is 9.59 Å². The Morgan fingerprint density at radius 1 is 1.68 bits per heavy atom. The van der Waals surface area contributed by atoms with Gasteiger partial charge in [0.1, 0.15) is 0 Å². The molecule has 2 heterocycles. The molecule has 0 bridgehead atoms. The van der Waals surface area contributed by atoms with Gasteiger partial charge in [0.2, 0.25) is 5.91 Å². The second-order valence-corrected chi connectivity index (χ2v) is 5.26. The molecule has 7 heteroatoms. The van der Waals surface area contributed by atoms with Crippen LogP contribution in [0.25, 0.3) is 0 Å². The lowest BCUT2D eigenvalue weighted by atomic mass is 10.1. The molecule has 2 N–H and O–H groups in total. The van der Waals surface area contributed by atoms with Crippen LogP contribution in [0.4, 0.5) is 5.13 Å². The number of carbonyl (C=O) groups excluding carboxylic acids is 2. The van der Waals surface area contributed by atoms with Crippen molar-refractivity contribution in [2.45, 2.75) is 31.7 Å². The van der Waals surface area contributed by atoms with Crippen molar-refractivity contribution in [2.24, 2.45) is 0 Å². The predicted octanol–water partition coefficient (Wildman–Crippen LogP) is 0.939. The number of methoxy groups -OCH3 is 1. The Balaban J connectivity index is 1.80. The molecule has 1 aromatic heterocycles. The molecular formula is C12H17N3O3S. The van der Waals surface area contributed by atoms with Gasteiger partial charge in [0, 0.05) is 30.8 Å². The third kappa shape index (κ3) is 4.20.